The van der Waals surface area contributed by atoms with E-state index in [0.29, 0.717) is 12.1 Å². The Balaban J connectivity index is 1.73. The Kier molecular flexibility index (Phi) is 2.82. The van der Waals surface area contributed by atoms with Crippen molar-refractivity contribution >= 4 is 11.8 Å². The van der Waals surface area contributed by atoms with Crippen LogP contribution in [0.3, 0.4) is 0 Å². The fourth-order valence-corrected chi connectivity index (χ4v) is 2.35. The summed E-state index contributed by atoms with van der Waals surface area (Å²) in [6, 6.07) is 0. The molecule has 0 bridgehead atoms. The molecule has 1 aromatic heterocycles. The monoisotopic (exact) mass is 235 g/mol. The molecular weight excluding hydrogens is 218 g/mol. The number of nitrogens with one attached hydrogen (secondary N) is 2. The largest absolute Gasteiger partial charge is 0.376 e. The molecule has 17 heavy (non-hydrogen) atoms. The number of rotatable bonds is 3. The molecule has 2 aliphatic heterocycles. The van der Waals surface area contributed by atoms with E-state index in [1.54, 1.807) is 0 Å². The second kappa shape index (κ2) is 4.46. The molecule has 1 aromatic rings. The predicted molar refractivity (Wildman–Crippen MR) is 64.5 cm³/mol. The van der Waals surface area contributed by atoms with Crippen LogP contribution < -0.4 is 16.4 Å². The maximum Gasteiger partial charge on any atom is 0.222 e. The zero-order chi connectivity index (χ0) is 11.7. The first-order chi connectivity index (χ1) is 8.33. The molecule has 1 atom stereocenters. The van der Waals surface area contributed by atoms with E-state index in [-0.39, 0.29) is 0 Å². The minimum absolute atomic E-state index is 0.302. The van der Waals surface area contributed by atoms with Crippen LogP contribution in [0, 0.1) is 0 Å². The van der Waals surface area contributed by atoms with Crippen molar-refractivity contribution < 1.29 is 4.74 Å². The lowest BCUT2D eigenvalue weighted by Gasteiger charge is -2.13. The molecule has 1 unspecified atom stereocenters. The number of fused-ring (bicyclic) bond motifs is 1. The Hall–Kier alpha value is -1.40. The van der Waals surface area contributed by atoms with E-state index in [4.69, 9.17) is 10.5 Å². The van der Waals surface area contributed by atoms with Crippen LogP contribution in [0.15, 0.2) is 0 Å². The van der Waals surface area contributed by atoms with Gasteiger partial charge < -0.3 is 21.1 Å². The second-order valence-corrected chi connectivity index (χ2v) is 4.48. The third-order valence-electron chi connectivity index (χ3n) is 3.23. The predicted octanol–water partition coefficient (Wildman–Crippen LogP) is 0.253. The highest BCUT2D eigenvalue weighted by Gasteiger charge is 2.20. The number of nitrogen functional groups attached to an aromatic ring is 1. The highest BCUT2D eigenvalue weighted by Crippen LogP contribution is 2.22. The Morgan fingerprint density at radius 2 is 2.35 bits per heavy atom. The highest BCUT2D eigenvalue weighted by molar-refractivity contribution is 5.51. The van der Waals surface area contributed by atoms with Crippen molar-refractivity contribution in [1.82, 2.24) is 15.3 Å². The molecule has 0 saturated carbocycles. The average Bonchev–Trinajstić information content (AvgIpc) is 2.95. The molecule has 1 fully saturated rings. The van der Waals surface area contributed by atoms with Crippen LogP contribution in [0.1, 0.15) is 24.1 Å². The Bertz CT molecular complexity index is 417. The third kappa shape index (κ3) is 2.18. The van der Waals surface area contributed by atoms with E-state index in [2.05, 4.69) is 20.6 Å². The van der Waals surface area contributed by atoms with Crippen LogP contribution in [0.25, 0.3) is 0 Å². The van der Waals surface area contributed by atoms with E-state index < -0.39 is 0 Å². The van der Waals surface area contributed by atoms with Crippen molar-refractivity contribution in [2.75, 3.05) is 24.2 Å². The zero-order valence-electron chi connectivity index (χ0n) is 9.70. The summed E-state index contributed by atoms with van der Waals surface area (Å²) >= 11 is 0. The fraction of sp³-hybridized carbons (Fsp3) is 0.636. The number of nitrogens with zero attached hydrogens (tertiary/aromatic N) is 2. The Labute approximate surface area is 100.0 Å². The van der Waals surface area contributed by atoms with Gasteiger partial charge in [0, 0.05) is 31.8 Å². The lowest BCUT2D eigenvalue weighted by molar-refractivity contribution is 0.120. The normalized spacial score (nSPS) is 22.7. The van der Waals surface area contributed by atoms with Crippen LogP contribution in [0.5, 0.6) is 0 Å². The van der Waals surface area contributed by atoms with Gasteiger partial charge in [-0.3, -0.25) is 0 Å². The molecule has 2 aliphatic rings. The molecular formula is C11H17N5O. The summed E-state index contributed by atoms with van der Waals surface area (Å²) < 4.78 is 5.57. The molecule has 3 heterocycles. The number of anilines is 2. The van der Waals surface area contributed by atoms with Gasteiger partial charge in [-0.25, -0.2) is 4.98 Å². The molecule has 1 saturated heterocycles. The minimum Gasteiger partial charge on any atom is -0.376 e. The maximum absolute atomic E-state index is 5.69. The topological polar surface area (TPSA) is 85.1 Å². The Morgan fingerprint density at radius 1 is 1.41 bits per heavy atom. The van der Waals surface area contributed by atoms with Crippen LogP contribution in [-0.2, 0) is 17.8 Å². The number of nitrogens with two attached hydrogens (primary N) is 1. The molecule has 6 nitrogen and oxygen atoms in total. The fourth-order valence-electron chi connectivity index (χ4n) is 2.35. The van der Waals surface area contributed by atoms with Gasteiger partial charge in [-0.15, -0.1) is 0 Å². The van der Waals surface area contributed by atoms with Crippen LogP contribution >= 0.6 is 0 Å². The average molecular weight is 235 g/mol. The van der Waals surface area contributed by atoms with Gasteiger partial charge in [0.1, 0.15) is 5.82 Å². The quantitative estimate of drug-likeness (QED) is 0.696. The SMILES string of the molecule is Nc1nc2c(c(NCC3CCCO3)n1)CNC2. The Morgan fingerprint density at radius 3 is 3.18 bits per heavy atom. The number of hydrogen-bond acceptors (Lipinski definition) is 6. The smallest absolute Gasteiger partial charge is 0.222 e. The van der Waals surface area contributed by atoms with Gasteiger partial charge in [0.2, 0.25) is 5.95 Å². The minimum atomic E-state index is 0.302. The van der Waals surface area contributed by atoms with Gasteiger partial charge in [-0.05, 0) is 12.8 Å². The summed E-state index contributed by atoms with van der Waals surface area (Å²) in [4.78, 5) is 8.49. The first-order valence-corrected chi connectivity index (χ1v) is 6.04. The van der Waals surface area contributed by atoms with E-state index in [1.165, 1.54) is 0 Å². The van der Waals surface area contributed by atoms with E-state index in [9.17, 15) is 0 Å². The molecule has 6 heteroatoms. The van der Waals surface area contributed by atoms with Crippen molar-refractivity contribution in [3.63, 3.8) is 0 Å². The summed E-state index contributed by atoms with van der Waals surface area (Å²) in [6.45, 7) is 3.25. The molecule has 4 N–H and O–H groups in total. The van der Waals surface area contributed by atoms with Gasteiger partial charge >= 0.3 is 0 Å². The molecule has 0 aliphatic carbocycles. The van der Waals surface area contributed by atoms with Gasteiger partial charge in [0.05, 0.1) is 11.8 Å². The van der Waals surface area contributed by atoms with E-state index >= 15 is 0 Å². The lowest BCUT2D eigenvalue weighted by atomic mass is 10.2. The number of ether oxygens (including phenoxy) is 1. The molecule has 0 aromatic carbocycles. The van der Waals surface area contributed by atoms with Crippen molar-refractivity contribution in [2.24, 2.45) is 0 Å². The van der Waals surface area contributed by atoms with Crippen molar-refractivity contribution in [1.29, 1.82) is 0 Å². The first-order valence-electron chi connectivity index (χ1n) is 6.04. The summed E-state index contributed by atoms with van der Waals surface area (Å²) in [5, 5.41) is 6.59. The number of aromatic nitrogens is 2. The molecule has 0 radical (unpaired) electrons. The van der Waals surface area contributed by atoms with Crippen molar-refractivity contribution in [2.45, 2.75) is 32.0 Å². The van der Waals surface area contributed by atoms with Crippen LogP contribution in [0.4, 0.5) is 11.8 Å². The lowest BCUT2D eigenvalue weighted by Crippen LogP contribution is -2.20. The van der Waals surface area contributed by atoms with Crippen molar-refractivity contribution in [3.8, 4) is 0 Å². The summed E-state index contributed by atoms with van der Waals surface area (Å²) in [5.41, 5.74) is 7.84. The standard InChI is InChI=1S/C11H17N5O/c12-11-15-9-6-13-5-8(9)10(16-11)14-4-7-2-1-3-17-7/h7,13H,1-6H2,(H3,12,14,15,16). The van der Waals surface area contributed by atoms with Gasteiger partial charge in [0.25, 0.3) is 0 Å². The van der Waals surface area contributed by atoms with Crippen LogP contribution in [-0.4, -0.2) is 29.2 Å². The zero-order valence-corrected chi connectivity index (χ0v) is 9.70. The van der Waals surface area contributed by atoms with E-state index in [1.807, 2.05) is 0 Å². The van der Waals surface area contributed by atoms with E-state index in [0.717, 1.165) is 56.2 Å². The number of hydrogen-bond donors (Lipinski definition) is 3. The van der Waals surface area contributed by atoms with Gasteiger partial charge in [-0.2, -0.15) is 4.98 Å². The molecule has 0 spiro atoms. The molecule has 0 amide bonds. The summed E-state index contributed by atoms with van der Waals surface area (Å²) in [5.74, 6) is 1.19. The summed E-state index contributed by atoms with van der Waals surface area (Å²) in [6.07, 6.45) is 2.57. The van der Waals surface area contributed by atoms with Gasteiger partial charge in [-0.1, -0.05) is 0 Å². The van der Waals surface area contributed by atoms with Crippen LogP contribution in [0.2, 0.25) is 0 Å². The molecule has 3 rings (SSSR count). The second-order valence-electron chi connectivity index (χ2n) is 4.48. The third-order valence-corrected chi connectivity index (χ3v) is 3.23. The molecule has 92 valence electrons. The highest BCUT2D eigenvalue weighted by atomic mass is 16.5. The van der Waals surface area contributed by atoms with Crippen molar-refractivity contribution in [3.05, 3.63) is 11.3 Å². The summed E-state index contributed by atoms with van der Waals surface area (Å²) in [7, 11) is 0. The van der Waals surface area contributed by atoms with Gasteiger partial charge in [0.15, 0.2) is 0 Å². The maximum atomic E-state index is 5.69. The first kappa shape index (κ1) is 10.7.